The van der Waals surface area contributed by atoms with Gasteiger partial charge in [0.1, 0.15) is 0 Å². The molecule has 0 saturated carbocycles. The maximum absolute atomic E-state index is 10.3. The van der Waals surface area contributed by atoms with E-state index in [4.69, 9.17) is 0 Å². The number of rotatable bonds is 7. The smallest absolute Gasteiger partial charge is 0.0707 e. The molecule has 0 heterocycles. The fraction of sp³-hybridized carbons (Fsp3) is 0.368. The molecule has 2 aromatic rings. The predicted molar refractivity (Wildman–Crippen MR) is 88.3 cm³/mol. The van der Waals surface area contributed by atoms with Crippen molar-refractivity contribution in [3.05, 3.63) is 71.3 Å². The maximum atomic E-state index is 10.3. The Morgan fingerprint density at radius 3 is 2.33 bits per heavy atom. The fourth-order valence-electron chi connectivity index (χ4n) is 2.58. The molecule has 2 heteroatoms. The molecule has 21 heavy (non-hydrogen) atoms. The van der Waals surface area contributed by atoms with Gasteiger partial charge in [0.2, 0.25) is 0 Å². The van der Waals surface area contributed by atoms with Crippen molar-refractivity contribution >= 4 is 0 Å². The van der Waals surface area contributed by atoms with E-state index in [0.717, 1.165) is 13.1 Å². The summed E-state index contributed by atoms with van der Waals surface area (Å²) < 4.78 is 0. The third-order valence-electron chi connectivity index (χ3n) is 3.89. The average Bonchev–Trinajstić information content (AvgIpc) is 2.49. The SMILES string of the molecule is CCN(Cc1ccccc1C)CC(O)Cc1ccccc1. The monoisotopic (exact) mass is 283 g/mol. The molecule has 0 aliphatic rings. The van der Waals surface area contributed by atoms with E-state index in [1.165, 1.54) is 16.7 Å². The highest BCUT2D eigenvalue weighted by Gasteiger charge is 2.12. The molecule has 112 valence electrons. The zero-order valence-corrected chi connectivity index (χ0v) is 13.0. The third-order valence-corrected chi connectivity index (χ3v) is 3.89. The first-order valence-electron chi connectivity index (χ1n) is 7.68. The van der Waals surface area contributed by atoms with Crippen molar-refractivity contribution in [2.75, 3.05) is 13.1 Å². The van der Waals surface area contributed by atoms with Crippen LogP contribution in [0.25, 0.3) is 0 Å². The van der Waals surface area contributed by atoms with Crippen LogP contribution in [0.4, 0.5) is 0 Å². The highest BCUT2D eigenvalue weighted by atomic mass is 16.3. The van der Waals surface area contributed by atoms with Gasteiger partial charge in [0.05, 0.1) is 6.10 Å². The number of aliphatic hydroxyl groups excluding tert-OH is 1. The van der Waals surface area contributed by atoms with Gasteiger partial charge < -0.3 is 5.11 Å². The summed E-state index contributed by atoms with van der Waals surface area (Å²) >= 11 is 0. The molecule has 1 atom stereocenters. The molecule has 0 aromatic heterocycles. The van der Waals surface area contributed by atoms with Gasteiger partial charge in [-0.05, 0) is 36.6 Å². The van der Waals surface area contributed by atoms with Crippen LogP contribution in [-0.4, -0.2) is 29.2 Å². The zero-order valence-electron chi connectivity index (χ0n) is 13.0. The van der Waals surface area contributed by atoms with Crippen LogP contribution in [-0.2, 0) is 13.0 Å². The Kier molecular flexibility index (Phi) is 5.97. The normalized spacial score (nSPS) is 12.6. The Bertz CT molecular complexity index is 538. The molecule has 1 N–H and O–H groups in total. The van der Waals surface area contributed by atoms with Gasteiger partial charge in [-0.15, -0.1) is 0 Å². The summed E-state index contributed by atoms with van der Waals surface area (Å²) in [4.78, 5) is 2.30. The molecule has 0 saturated heterocycles. The van der Waals surface area contributed by atoms with E-state index in [1.807, 2.05) is 18.2 Å². The lowest BCUT2D eigenvalue weighted by atomic mass is 10.1. The Morgan fingerprint density at radius 1 is 1.00 bits per heavy atom. The molecule has 0 fully saturated rings. The summed E-state index contributed by atoms with van der Waals surface area (Å²) in [7, 11) is 0. The molecule has 0 spiro atoms. The molecule has 0 bridgehead atoms. The van der Waals surface area contributed by atoms with Crippen molar-refractivity contribution in [2.45, 2.75) is 32.9 Å². The minimum Gasteiger partial charge on any atom is -0.391 e. The van der Waals surface area contributed by atoms with E-state index in [-0.39, 0.29) is 6.10 Å². The number of benzene rings is 2. The molecule has 2 aromatic carbocycles. The van der Waals surface area contributed by atoms with Gasteiger partial charge in [0, 0.05) is 13.1 Å². The first kappa shape index (κ1) is 15.7. The van der Waals surface area contributed by atoms with Crippen LogP contribution in [0.3, 0.4) is 0 Å². The van der Waals surface area contributed by atoms with Gasteiger partial charge >= 0.3 is 0 Å². The number of aryl methyl sites for hydroxylation is 1. The fourth-order valence-corrected chi connectivity index (χ4v) is 2.58. The van der Waals surface area contributed by atoms with Crippen molar-refractivity contribution in [1.82, 2.24) is 4.90 Å². The van der Waals surface area contributed by atoms with Crippen molar-refractivity contribution in [3.63, 3.8) is 0 Å². The van der Waals surface area contributed by atoms with Gasteiger partial charge in [-0.2, -0.15) is 0 Å². The second-order valence-corrected chi connectivity index (χ2v) is 5.60. The molecule has 0 aliphatic carbocycles. The second-order valence-electron chi connectivity index (χ2n) is 5.60. The summed E-state index contributed by atoms with van der Waals surface area (Å²) in [6, 6.07) is 18.6. The van der Waals surface area contributed by atoms with Crippen molar-refractivity contribution in [2.24, 2.45) is 0 Å². The highest BCUT2D eigenvalue weighted by molar-refractivity contribution is 5.25. The van der Waals surface area contributed by atoms with Gasteiger partial charge in [-0.3, -0.25) is 4.90 Å². The zero-order chi connectivity index (χ0) is 15.1. The van der Waals surface area contributed by atoms with E-state index in [0.29, 0.717) is 13.0 Å². The molecule has 1 unspecified atom stereocenters. The minimum absolute atomic E-state index is 0.323. The average molecular weight is 283 g/mol. The molecular formula is C19H25NO. The first-order valence-corrected chi connectivity index (χ1v) is 7.68. The van der Waals surface area contributed by atoms with Crippen LogP contribution < -0.4 is 0 Å². The highest BCUT2D eigenvalue weighted by Crippen LogP contribution is 2.12. The van der Waals surface area contributed by atoms with Crippen LogP contribution in [0.15, 0.2) is 54.6 Å². The Labute approximate surface area is 128 Å². The lowest BCUT2D eigenvalue weighted by Crippen LogP contribution is -2.33. The molecule has 0 aliphatic heterocycles. The van der Waals surface area contributed by atoms with Crippen molar-refractivity contribution < 1.29 is 5.11 Å². The largest absolute Gasteiger partial charge is 0.391 e. The van der Waals surface area contributed by atoms with Crippen LogP contribution in [0.2, 0.25) is 0 Å². The minimum atomic E-state index is -0.323. The van der Waals surface area contributed by atoms with Gasteiger partial charge in [0.25, 0.3) is 0 Å². The summed E-state index contributed by atoms with van der Waals surface area (Å²) in [5, 5.41) is 10.3. The number of aliphatic hydroxyl groups is 1. The molecule has 0 radical (unpaired) electrons. The van der Waals surface area contributed by atoms with Gasteiger partial charge in [-0.25, -0.2) is 0 Å². The third kappa shape index (κ3) is 5.00. The number of likely N-dealkylation sites (N-methyl/N-ethyl adjacent to an activating group) is 1. The number of nitrogens with zero attached hydrogens (tertiary/aromatic N) is 1. The Balaban J connectivity index is 1.91. The van der Waals surface area contributed by atoms with Gasteiger partial charge in [-0.1, -0.05) is 61.5 Å². The van der Waals surface area contributed by atoms with Crippen LogP contribution in [0, 0.1) is 6.92 Å². The van der Waals surface area contributed by atoms with E-state index >= 15 is 0 Å². The quantitative estimate of drug-likeness (QED) is 0.841. The van der Waals surface area contributed by atoms with Gasteiger partial charge in [0.15, 0.2) is 0 Å². The van der Waals surface area contributed by atoms with Crippen LogP contribution in [0.5, 0.6) is 0 Å². The lowest BCUT2D eigenvalue weighted by Gasteiger charge is -2.24. The maximum Gasteiger partial charge on any atom is 0.0707 e. The molecule has 2 rings (SSSR count). The van der Waals surface area contributed by atoms with Crippen molar-refractivity contribution in [1.29, 1.82) is 0 Å². The summed E-state index contributed by atoms with van der Waals surface area (Å²) in [6.07, 6.45) is 0.391. The van der Waals surface area contributed by atoms with E-state index in [1.54, 1.807) is 0 Å². The van der Waals surface area contributed by atoms with Crippen LogP contribution in [0.1, 0.15) is 23.6 Å². The molecule has 0 amide bonds. The number of hydrogen-bond donors (Lipinski definition) is 1. The second kappa shape index (κ2) is 7.96. The van der Waals surface area contributed by atoms with Crippen LogP contribution >= 0.6 is 0 Å². The summed E-state index contributed by atoms with van der Waals surface area (Å²) in [5.74, 6) is 0. The first-order chi connectivity index (χ1) is 10.2. The van der Waals surface area contributed by atoms with E-state index in [9.17, 15) is 5.11 Å². The molecule has 2 nitrogen and oxygen atoms in total. The Hall–Kier alpha value is -1.64. The topological polar surface area (TPSA) is 23.5 Å². The standard InChI is InChI=1S/C19H25NO/c1-3-20(14-18-12-8-7-9-16(18)2)15-19(21)13-17-10-5-4-6-11-17/h4-12,19,21H,3,13-15H2,1-2H3. The lowest BCUT2D eigenvalue weighted by molar-refractivity contribution is 0.112. The van der Waals surface area contributed by atoms with Crippen molar-refractivity contribution in [3.8, 4) is 0 Å². The summed E-state index contributed by atoms with van der Waals surface area (Å²) in [6.45, 7) is 6.84. The number of hydrogen-bond acceptors (Lipinski definition) is 2. The van der Waals surface area contributed by atoms with E-state index < -0.39 is 0 Å². The summed E-state index contributed by atoms with van der Waals surface area (Å²) in [5.41, 5.74) is 3.84. The Morgan fingerprint density at radius 2 is 1.67 bits per heavy atom. The predicted octanol–water partition coefficient (Wildman–Crippen LogP) is 3.42. The van der Waals surface area contributed by atoms with E-state index in [2.05, 4.69) is 55.1 Å². The molecular weight excluding hydrogens is 258 g/mol.